The lowest BCUT2D eigenvalue weighted by molar-refractivity contribution is -0.128. The average molecular weight is 290 g/mol. The first kappa shape index (κ1) is 15.0. The highest BCUT2D eigenvalue weighted by Gasteiger charge is 2.15. The summed E-state index contributed by atoms with van der Waals surface area (Å²) in [7, 11) is 3.35. The molecule has 0 aliphatic carbocycles. The summed E-state index contributed by atoms with van der Waals surface area (Å²) in [5, 5.41) is 0. The Morgan fingerprint density at radius 3 is 2.33 bits per heavy atom. The van der Waals surface area contributed by atoms with Crippen LogP contribution in [0.3, 0.4) is 0 Å². The summed E-state index contributed by atoms with van der Waals surface area (Å²) in [4.78, 5) is 13.2. The maximum absolute atomic E-state index is 12.9. The highest BCUT2D eigenvalue weighted by molar-refractivity contribution is 6.55. The van der Waals surface area contributed by atoms with Crippen LogP contribution in [0.25, 0.3) is 0 Å². The molecule has 2 nitrogen and oxygen atoms in total. The minimum absolute atomic E-state index is 0.0461. The smallest absolute Gasteiger partial charge is 0.222 e. The number of allylic oxidation sites excluding steroid dienone is 1. The van der Waals surface area contributed by atoms with Crippen LogP contribution < -0.4 is 0 Å². The summed E-state index contributed by atoms with van der Waals surface area (Å²) in [6, 6.07) is 5.93. The molecule has 0 heterocycles. The molecular formula is C13H14Cl2FNO. The maximum Gasteiger partial charge on any atom is 0.222 e. The van der Waals surface area contributed by atoms with Crippen molar-refractivity contribution in [2.24, 2.45) is 0 Å². The van der Waals surface area contributed by atoms with Crippen molar-refractivity contribution in [3.05, 3.63) is 46.2 Å². The second-order valence-electron chi connectivity index (χ2n) is 4.11. The van der Waals surface area contributed by atoms with Gasteiger partial charge in [0.2, 0.25) is 5.91 Å². The fourth-order valence-electron chi connectivity index (χ4n) is 1.51. The van der Waals surface area contributed by atoms with Crippen molar-refractivity contribution in [1.29, 1.82) is 0 Å². The zero-order valence-corrected chi connectivity index (χ0v) is 11.7. The van der Waals surface area contributed by atoms with Crippen molar-refractivity contribution >= 4 is 29.1 Å². The van der Waals surface area contributed by atoms with E-state index in [2.05, 4.69) is 0 Å². The van der Waals surface area contributed by atoms with E-state index in [0.717, 1.165) is 5.56 Å². The lowest BCUT2D eigenvalue weighted by Crippen LogP contribution is -2.23. The molecule has 98 valence electrons. The molecule has 0 N–H and O–H groups in total. The molecular weight excluding hydrogens is 276 g/mol. The summed E-state index contributed by atoms with van der Waals surface area (Å²) in [5.41, 5.74) is 0.797. The highest BCUT2D eigenvalue weighted by Crippen LogP contribution is 2.26. The molecule has 1 amide bonds. The van der Waals surface area contributed by atoms with Gasteiger partial charge in [0.15, 0.2) is 0 Å². The fraction of sp³-hybridized carbons (Fsp3) is 0.308. The van der Waals surface area contributed by atoms with Crippen LogP contribution in [-0.2, 0) is 4.79 Å². The number of carbonyl (C=O) groups excluding carboxylic acids is 1. The van der Waals surface area contributed by atoms with Crippen molar-refractivity contribution in [3.8, 4) is 0 Å². The van der Waals surface area contributed by atoms with Gasteiger partial charge in [-0.3, -0.25) is 4.79 Å². The molecule has 1 aromatic rings. The van der Waals surface area contributed by atoms with Crippen molar-refractivity contribution in [1.82, 2.24) is 4.90 Å². The zero-order valence-electron chi connectivity index (χ0n) is 10.2. The lowest BCUT2D eigenvalue weighted by Gasteiger charge is -2.16. The molecule has 0 unspecified atom stereocenters. The van der Waals surface area contributed by atoms with Crippen LogP contribution in [0.2, 0.25) is 0 Å². The average Bonchev–Trinajstić information content (AvgIpc) is 2.28. The molecule has 0 saturated carbocycles. The molecule has 0 fully saturated rings. The van der Waals surface area contributed by atoms with Gasteiger partial charge >= 0.3 is 0 Å². The van der Waals surface area contributed by atoms with Crippen LogP contribution >= 0.6 is 23.2 Å². The van der Waals surface area contributed by atoms with E-state index in [1.54, 1.807) is 32.3 Å². The van der Waals surface area contributed by atoms with E-state index in [9.17, 15) is 9.18 Å². The molecule has 0 spiro atoms. The standard InChI is InChI=1S/C13H14Cl2FNO/c1-17(2)13(18)8-10(7-12(14)15)9-3-5-11(16)6-4-9/h3-7,10H,8H2,1-2H3/t10-/m0/s1. The van der Waals surface area contributed by atoms with Crippen LogP contribution in [0.15, 0.2) is 34.8 Å². The van der Waals surface area contributed by atoms with Gasteiger partial charge in [-0.15, -0.1) is 0 Å². The van der Waals surface area contributed by atoms with E-state index >= 15 is 0 Å². The van der Waals surface area contributed by atoms with Crippen LogP contribution in [0.4, 0.5) is 4.39 Å². The Kier molecular flexibility index (Phi) is 5.63. The van der Waals surface area contributed by atoms with Crippen LogP contribution in [0.1, 0.15) is 17.9 Å². The van der Waals surface area contributed by atoms with Gasteiger partial charge in [0.25, 0.3) is 0 Å². The Bertz CT molecular complexity index is 439. The number of rotatable bonds is 4. The van der Waals surface area contributed by atoms with Crippen molar-refractivity contribution in [2.45, 2.75) is 12.3 Å². The molecule has 1 atom stereocenters. The molecule has 0 aromatic heterocycles. The predicted octanol–water partition coefficient (Wildman–Crippen LogP) is 3.71. The van der Waals surface area contributed by atoms with Gasteiger partial charge < -0.3 is 4.90 Å². The van der Waals surface area contributed by atoms with E-state index in [0.29, 0.717) is 0 Å². The molecule has 1 rings (SSSR count). The monoisotopic (exact) mass is 289 g/mol. The summed E-state index contributed by atoms with van der Waals surface area (Å²) in [6.07, 6.45) is 1.82. The molecule has 0 saturated heterocycles. The molecule has 0 bridgehead atoms. The third-order valence-electron chi connectivity index (χ3n) is 2.52. The maximum atomic E-state index is 12.9. The predicted molar refractivity (Wildman–Crippen MR) is 72.2 cm³/mol. The van der Waals surface area contributed by atoms with E-state index < -0.39 is 0 Å². The van der Waals surface area contributed by atoms with Gasteiger partial charge in [-0.25, -0.2) is 4.39 Å². The second-order valence-corrected chi connectivity index (χ2v) is 5.11. The minimum atomic E-state index is -0.322. The summed E-state index contributed by atoms with van der Waals surface area (Å²) in [6.45, 7) is 0. The number of hydrogen-bond acceptors (Lipinski definition) is 1. The number of nitrogens with zero attached hydrogens (tertiary/aromatic N) is 1. The van der Waals surface area contributed by atoms with E-state index in [-0.39, 0.29) is 28.6 Å². The van der Waals surface area contributed by atoms with Crippen LogP contribution in [0.5, 0.6) is 0 Å². The van der Waals surface area contributed by atoms with E-state index in [4.69, 9.17) is 23.2 Å². The fourth-order valence-corrected chi connectivity index (χ4v) is 1.81. The van der Waals surface area contributed by atoms with Gasteiger partial charge in [0.05, 0.1) is 0 Å². The topological polar surface area (TPSA) is 20.3 Å². The lowest BCUT2D eigenvalue weighted by atomic mass is 9.95. The van der Waals surface area contributed by atoms with Gasteiger partial charge in [-0.2, -0.15) is 0 Å². The van der Waals surface area contributed by atoms with Gasteiger partial charge in [0, 0.05) is 26.4 Å². The number of carbonyl (C=O) groups is 1. The summed E-state index contributed by atoms with van der Waals surface area (Å²) >= 11 is 11.3. The third kappa shape index (κ3) is 4.67. The molecule has 1 aromatic carbocycles. The van der Waals surface area contributed by atoms with Crippen molar-refractivity contribution in [2.75, 3.05) is 14.1 Å². The van der Waals surface area contributed by atoms with Gasteiger partial charge in [0.1, 0.15) is 10.3 Å². The summed E-state index contributed by atoms with van der Waals surface area (Å²) < 4.78 is 13.0. The SMILES string of the molecule is CN(C)C(=O)C[C@H](C=C(Cl)Cl)c1ccc(F)cc1. The zero-order chi connectivity index (χ0) is 13.7. The van der Waals surface area contributed by atoms with Gasteiger partial charge in [-0.1, -0.05) is 35.3 Å². The number of halogens is 3. The van der Waals surface area contributed by atoms with Crippen molar-refractivity contribution in [3.63, 3.8) is 0 Å². The molecule has 5 heteroatoms. The Labute approximate surface area is 116 Å². The largest absolute Gasteiger partial charge is 0.349 e. The van der Waals surface area contributed by atoms with Crippen molar-refractivity contribution < 1.29 is 9.18 Å². The van der Waals surface area contributed by atoms with Gasteiger partial charge in [-0.05, 0) is 23.8 Å². The third-order valence-corrected chi connectivity index (χ3v) is 2.77. The first-order valence-electron chi connectivity index (χ1n) is 5.38. The highest BCUT2D eigenvalue weighted by atomic mass is 35.5. The number of amides is 1. The molecule has 0 aliphatic rings. The Morgan fingerprint density at radius 2 is 1.89 bits per heavy atom. The summed E-state index contributed by atoms with van der Waals surface area (Å²) in [5.74, 6) is -0.627. The number of benzene rings is 1. The molecule has 0 aliphatic heterocycles. The molecule has 0 radical (unpaired) electrons. The quantitative estimate of drug-likeness (QED) is 0.828. The Balaban J connectivity index is 2.95. The second kappa shape index (κ2) is 6.76. The van der Waals surface area contributed by atoms with E-state index in [1.807, 2.05) is 0 Å². The van der Waals surface area contributed by atoms with Crippen LogP contribution in [-0.4, -0.2) is 24.9 Å². The van der Waals surface area contributed by atoms with E-state index in [1.165, 1.54) is 17.0 Å². The van der Waals surface area contributed by atoms with Crippen LogP contribution in [0, 0.1) is 5.82 Å². The Hall–Kier alpha value is -1.06. The molecule has 18 heavy (non-hydrogen) atoms. The normalized spacial score (nSPS) is 11.8. The minimum Gasteiger partial charge on any atom is -0.349 e. The first-order valence-corrected chi connectivity index (χ1v) is 6.14. The Morgan fingerprint density at radius 1 is 1.33 bits per heavy atom. The number of hydrogen-bond donors (Lipinski definition) is 0. The first-order chi connectivity index (χ1) is 8.40.